The van der Waals surface area contributed by atoms with Crippen LogP contribution in [0, 0.1) is 0 Å². The zero-order valence-corrected chi connectivity index (χ0v) is 29.0. The van der Waals surface area contributed by atoms with E-state index in [0.29, 0.717) is 48.0 Å². The summed E-state index contributed by atoms with van der Waals surface area (Å²) in [6.07, 6.45) is 3.16. The lowest BCUT2D eigenvalue weighted by Gasteiger charge is -2.41. The molecule has 1 saturated heterocycles. The summed E-state index contributed by atoms with van der Waals surface area (Å²) in [5, 5.41) is 1.30. The van der Waals surface area contributed by atoms with E-state index in [-0.39, 0.29) is 39.9 Å². The molecule has 8 rings (SSSR count). The summed E-state index contributed by atoms with van der Waals surface area (Å²) >= 11 is 0. The van der Waals surface area contributed by atoms with Gasteiger partial charge in [-0.25, -0.2) is 8.42 Å². The standard InChI is InChI=1S/C38H33N5O6S2/c44-38(42-22-20-41(21-23-42)31-12-2-1-3-13-31)33-25-29-16-17-32(49-51(47,48)35-15-5-9-28-11-7-19-40-37(28)35)24-30(29)26-43(33)50(45,46)34-14-4-8-27-10-6-18-39-36(27)34/h1-19,24,33H,20-23,25-26H2/t33-/m0/s1. The van der Waals surface area contributed by atoms with Crippen molar-refractivity contribution in [3.8, 4) is 5.75 Å². The summed E-state index contributed by atoms with van der Waals surface area (Å²) in [5.74, 6) is -0.260. The molecule has 4 aromatic carbocycles. The number of piperazine rings is 1. The maximum atomic E-state index is 14.6. The lowest BCUT2D eigenvalue weighted by molar-refractivity contribution is -0.136. The first kappa shape index (κ1) is 32.8. The van der Waals surface area contributed by atoms with E-state index in [1.807, 2.05) is 30.3 Å². The van der Waals surface area contributed by atoms with Gasteiger partial charge in [0.1, 0.15) is 21.6 Å². The molecule has 2 aliphatic heterocycles. The van der Waals surface area contributed by atoms with Gasteiger partial charge in [-0.15, -0.1) is 0 Å². The van der Waals surface area contributed by atoms with E-state index in [2.05, 4.69) is 14.9 Å². The Kier molecular flexibility index (Phi) is 8.41. The van der Waals surface area contributed by atoms with Crippen LogP contribution in [0.3, 0.4) is 0 Å². The van der Waals surface area contributed by atoms with Crippen molar-refractivity contribution in [2.75, 3.05) is 31.1 Å². The topological polar surface area (TPSA) is 130 Å². The molecule has 1 amide bonds. The minimum Gasteiger partial charge on any atom is -0.379 e. The Morgan fingerprint density at radius 2 is 1.29 bits per heavy atom. The van der Waals surface area contributed by atoms with Crippen molar-refractivity contribution < 1.29 is 25.8 Å². The van der Waals surface area contributed by atoms with Crippen molar-refractivity contribution in [2.45, 2.75) is 28.8 Å². The number of nitrogens with zero attached hydrogens (tertiary/aromatic N) is 5. The van der Waals surface area contributed by atoms with Gasteiger partial charge in [0.2, 0.25) is 15.9 Å². The highest BCUT2D eigenvalue weighted by atomic mass is 32.2. The van der Waals surface area contributed by atoms with Crippen LogP contribution in [0.1, 0.15) is 11.1 Å². The molecule has 0 spiro atoms. The number of hydrogen-bond donors (Lipinski definition) is 0. The molecule has 2 aliphatic rings. The predicted octanol–water partition coefficient (Wildman–Crippen LogP) is 5.02. The lowest BCUT2D eigenvalue weighted by atomic mass is 9.94. The highest BCUT2D eigenvalue weighted by molar-refractivity contribution is 7.89. The van der Waals surface area contributed by atoms with Crippen LogP contribution in [-0.4, -0.2) is 74.1 Å². The fourth-order valence-electron chi connectivity index (χ4n) is 6.95. The van der Waals surface area contributed by atoms with Gasteiger partial charge in [0.15, 0.2) is 0 Å². The molecule has 1 fully saturated rings. The van der Waals surface area contributed by atoms with E-state index in [4.69, 9.17) is 4.18 Å². The number of anilines is 1. The third kappa shape index (κ3) is 6.17. The van der Waals surface area contributed by atoms with Crippen LogP contribution < -0.4 is 9.08 Å². The molecule has 0 N–H and O–H groups in total. The molecule has 0 bridgehead atoms. The maximum Gasteiger partial charge on any atom is 0.341 e. The minimum atomic E-state index is -4.31. The van der Waals surface area contributed by atoms with Crippen molar-refractivity contribution >= 4 is 53.5 Å². The van der Waals surface area contributed by atoms with E-state index in [1.54, 1.807) is 59.5 Å². The molecule has 0 aliphatic carbocycles. The predicted molar refractivity (Wildman–Crippen MR) is 193 cm³/mol. The van der Waals surface area contributed by atoms with Crippen molar-refractivity contribution in [2.24, 2.45) is 0 Å². The number of rotatable bonds is 7. The third-order valence-corrected chi connectivity index (χ3v) is 12.7. The molecule has 1 atom stereocenters. The van der Waals surface area contributed by atoms with E-state index >= 15 is 0 Å². The van der Waals surface area contributed by atoms with Gasteiger partial charge in [0.25, 0.3) is 0 Å². The number of para-hydroxylation sites is 3. The molecular weight excluding hydrogens is 687 g/mol. The minimum absolute atomic E-state index is 0.00538. The monoisotopic (exact) mass is 719 g/mol. The Bertz CT molecular complexity index is 2500. The van der Waals surface area contributed by atoms with Gasteiger partial charge in [0.05, 0.1) is 11.0 Å². The zero-order chi connectivity index (χ0) is 35.2. The quantitative estimate of drug-likeness (QED) is 0.209. The summed E-state index contributed by atoms with van der Waals surface area (Å²) in [7, 11) is -8.59. The molecule has 2 aromatic heterocycles. The van der Waals surface area contributed by atoms with Gasteiger partial charge in [-0.2, -0.15) is 12.7 Å². The number of fused-ring (bicyclic) bond motifs is 3. The van der Waals surface area contributed by atoms with Crippen LogP contribution in [-0.2, 0) is 37.9 Å². The second kappa shape index (κ2) is 13.1. The fraction of sp³-hybridized carbons (Fsp3) is 0.184. The molecule has 0 saturated carbocycles. The molecule has 11 nitrogen and oxygen atoms in total. The number of carbonyl (C=O) groups excluding carboxylic acids is 1. The average Bonchev–Trinajstić information content (AvgIpc) is 3.17. The normalized spacial score (nSPS) is 17.0. The van der Waals surface area contributed by atoms with E-state index in [9.17, 15) is 21.6 Å². The first-order chi connectivity index (χ1) is 24.7. The maximum absolute atomic E-state index is 14.6. The van der Waals surface area contributed by atoms with Crippen molar-refractivity contribution in [1.29, 1.82) is 0 Å². The summed E-state index contributed by atoms with van der Waals surface area (Å²) in [6.45, 7) is 1.93. The van der Waals surface area contributed by atoms with Crippen LogP contribution in [0.2, 0.25) is 0 Å². The van der Waals surface area contributed by atoms with Crippen LogP contribution in [0.4, 0.5) is 5.69 Å². The van der Waals surface area contributed by atoms with Crippen molar-refractivity contribution in [3.05, 3.63) is 133 Å². The molecule has 13 heteroatoms. The van der Waals surface area contributed by atoms with Gasteiger partial charge < -0.3 is 14.0 Å². The second-order valence-electron chi connectivity index (χ2n) is 12.5. The molecular formula is C38H33N5O6S2. The van der Waals surface area contributed by atoms with E-state index in [1.165, 1.54) is 41.0 Å². The second-order valence-corrected chi connectivity index (χ2v) is 15.9. The van der Waals surface area contributed by atoms with Gasteiger partial charge in [-0.05, 0) is 66.1 Å². The zero-order valence-electron chi connectivity index (χ0n) is 27.4. The highest BCUT2D eigenvalue weighted by Crippen LogP contribution is 2.35. The van der Waals surface area contributed by atoms with Crippen molar-refractivity contribution in [1.82, 2.24) is 19.2 Å². The summed E-state index contributed by atoms with van der Waals surface area (Å²) in [4.78, 5) is 26.9. The van der Waals surface area contributed by atoms with Gasteiger partial charge in [-0.3, -0.25) is 14.8 Å². The summed E-state index contributed by atoms with van der Waals surface area (Å²) in [5.41, 5.74) is 2.93. The molecule has 0 unspecified atom stereocenters. The number of benzene rings is 4. The molecule has 0 radical (unpaired) electrons. The smallest absolute Gasteiger partial charge is 0.341 e. The third-order valence-electron chi connectivity index (χ3n) is 9.52. The fourth-order valence-corrected chi connectivity index (χ4v) is 9.77. The number of pyridine rings is 2. The number of aromatic nitrogens is 2. The Labute approximate surface area is 295 Å². The number of sulfonamides is 1. The van der Waals surface area contributed by atoms with Crippen LogP contribution in [0.15, 0.2) is 131 Å². The number of carbonyl (C=O) groups is 1. The van der Waals surface area contributed by atoms with Crippen LogP contribution >= 0.6 is 0 Å². The Morgan fingerprint density at radius 1 is 0.667 bits per heavy atom. The molecule has 6 aromatic rings. The SMILES string of the molecule is O=C([C@@H]1Cc2ccc(OS(=O)(=O)c3cccc4cccnc34)cc2CN1S(=O)(=O)c1cccc2cccnc12)N1CCN(c2ccccc2)CC1. The van der Waals surface area contributed by atoms with Crippen molar-refractivity contribution in [3.63, 3.8) is 0 Å². The number of amides is 1. The van der Waals surface area contributed by atoms with Gasteiger partial charge >= 0.3 is 10.1 Å². The largest absolute Gasteiger partial charge is 0.379 e. The highest BCUT2D eigenvalue weighted by Gasteiger charge is 2.42. The van der Waals surface area contributed by atoms with Crippen LogP contribution in [0.25, 0.3) is 21.8 Å². The van der Waals surface area contributed by atoms with Crippen LogP contribution in [0.5, 0.6) is 5.75 Å². The van der Waals surface area contributed by atoms with E-state index in [0.717, 1.165) is 11.3 Å². The Balaban J connectivity index is 1.13. The Morgan fingerprint density at radius 3 is 1.98 bits per heavy atom. The molecule has 258 valence electrons. The molecule has 51 heavy (non-hydrogen) atoms. The lowest BCUT2D eigenvalue weighted by Crippen LogP contribution is -2.57. The first-order valence-corrected chi connectivity index (χ1v) is 19.4. The van der Waals surface area contributed by atoms with E-state index < -0.39 is 26.2 Å². The summed E-state index contributed by atoms with van der Waals surface area (Å²) < 4.78 is 63.2. The van der Waals surface area contributed by atoms with Gasteiger partial charge in [-0.1, -0.05) is 60.7 Å². The first-order valence-electron chi connectivity index (χ1n) is 16.5. The molecule has 4 heterocycles. The number of hydrogen-bond acceptors (Lipinski definition) is 9. The van der Waals surface area contributed by atoms with Gasteiger partial charge in [0, 0.05) is 61.6 Å². The average molecular weight is 720 g/mol. The Hall–Kier alpha value is -5.37. The summed E-state index contributed by atoms with van der Waals surface area (Å²) in [6, 6.07) is 30.5.